The summed E-state index contributed by atoms with van der Waals surface area (Å²) >= 11 is 0. The number of amides is 1. The molecule has 3 rings (SSSR count). The summed E-state index contributed by atoms with van der Waals surface area (Å²) in [5.74, 6) is -0.152. The highest BCUT2D eigenvalue weighted by atomic mass is 19.1. The van der Waals surface area contributed by atoms with Crippen molar-refractivity contribution >= 4 is 5.91 Å². The van der Waals surface area contributed by atoms with Gasteiger partial charge in [0.25, 0.3) is 11.9 Å². The van der Waals surface area contributed by atoms with Gasteiger partial charge in [-0.25, -0.2) is 4.39 Å². The molecule has 22 heavy (non-hydrogen) atoms. The molecule has 1 N–H and O–H groups in total. The number of nitrogens with one attached hydrogen (secondary N) is 1. The number of carbonyl (C=O) groups is 1. The third-order valence-electron chi connectivity index (χ3n) is 3.33. The molecule has 1 fully saturated rings. The zero-order chi connectivity index (χ0) is 15.4. The molecule has 116 valence electrons. The van der Waals surface area contributed by atoms with Crippen LogP contribution in [-0.2, 0) is 4.74 Å². The van der Waals surface area contributed by atoms with Crippen molar-refractivity contribution in [2.45, 2.75) is 18.9 Å². The first-order valence-electron chi connectivity index (χ1n) is 7.14. The maximum atomic E-state index is 13.1. The lowest BCUT2D eigenvalue weighted by Crippen LogP contribution is -2.31. The van der Waals surface area contributed by atoms with Crippen LogP contribution in [0, 0.1) is 5.82 Å². The zero-order valence-electron chi connectivity index (χ0n) is 11.9. The van der Waals surface area contributed by atoms with Crippen LogP contribution in [0.25, 0.3) is 0 Å². The molecular weight excluding hydrogens is 289 g/mol. The van der Waals surface area contributed by atoms with E-state index in [1.807, 2.05) is 0 Å². The maximum Gasteiger partial charge on any atom is 0.290 e. The van der Waals surface area contributed by atoms with E-state index in [2.05, 4.69) is 5.32 Å². The van der Waals surface area contributed by atoms with Gasteiger partial charge in [-0.3, -0.25) is 4.79 Å². The number of hydrogen-bond donors (Lipinski definition) is 1. The van der Waals surface area contributed by atoms with Crippen LogP contribution in [0.15, 0.2) is 40.8 Å². The smallest absolute Gasteiger partial charge is 0.290 e. The van der Waals surface area contributed by atoms with E-state index >= 15 is 0 Å². The molecule has 1 amide bonds. The van der Waals surface area contributed by atoms with Crippen LogP contribution < -0.4 is 10.1 Å². The second-order valence-electron chi connectivity index (χ2n) is 5.02. The summed E-state index contributed by atoms with van der Waals surface area (Å²) < 4.78 is 29.2. The lowest BCUT2D eigenvalue weighted by atomic mass is 10.2. The molecule has 0 radical (unpaired) electrons. The summed E-state index contributed by atoms with van der Waals surface area (Å²) in [5, 5.41) is 2.75. The first kappa shape index (κ1) is 14.6. The average molecular weight is 305 g/mol. The lowest BCUT2D eigenvalue weighted by Gasteiger charge is -2.09. The molecule has 0 saturated carbocycles. The SMILES string of the molecule is O=C(NCC1CCCO1)c1ccc(Oc2cccc(F)c2)o1. The van der Waals surface area contributed by atoms with Crippen LogP contribution >= 0.6 is 0 Å². The summed E-state index contributed by atoms with van der Waals surface area (Å²) in [7, 11) is 0. The molecule has 1 unspecified atom stereocenters. The van der Waals surface area contributed by atoms with Gasteiger partial charge in [0.15, 0.2) is 5.76 Å². The molecule has 0 bridgehead atoms. The van der Waals surface area contributed by atoms with E-state index in [1.54, 1.807) is 6.07 Å². The molecule has 1 atom stereocenters. The van der Waals surface area contributed by atoms with Gasteiger partial charge >= 0.3 is 0 Å². The molecule has 0 spiro atoms. The van der Waals surface area contributed by atoms with Gasteiger partial charge in [0, 0.05) is 25.3 Å². The lowest BCUT2D eigenvalue weighted by molar-refractivity contribution is 0.0831. The summed E-state index contributed by atoms with van der Waals surface area (Å²) in [4.78, 5) is 11.9. The largest absolute Gasteiger partial charge is 0.426 e. The van der Waals surface area contributed by atoms with E-state index in [9.17, 15) is 9.18 Å². The molecule has 2 heterocycles. The van der Waals surface area contributed by atoms with Gasteiger partial charge < -0.3 is 19.2 Å². The Labute approximate surface area is 127 Å². The fourth-order valence-corrected chi connectivity index (χ4v) is 2.24. The van der Waals surface area contributed by atoms with Crippen molar-refractivity contribution in [2.24, 2.45) is 0 Å². The van der Waals surface area contributed by atoms with Gasteiger partial charge in [-0.1, -0.05) is 6.07 Å². The van der Waals surface area contributed by atoms with E-state index in [1.165, 1.54) is 30.3 Å². The van der Waals surface area contributed by atoms with Crippen LogP contribution in [0.1, 0.15) is 23.4 Å². The Balaban J connectivity index is 1.57. The third-order valence-corrected chi connectivity index (χ3v) is 3.33. The quantitative estimate of drug-likeness (QED) is 0.922. The van der Waals surface area contributed by atoms with Gasteiger partial charge in [0.1, 0.15) is 11.6 Å². The van der Waals surface area contributed by atoms with Crippen molar-refractivity contribution in [1.29, 1.82) is 0 Å². The Bertz CT molecular complexity index is 649. The number of benzene rings is 1. The molecule has 1 aliphatic heterocycles. The van der Waals surface area contributed by atoms with Crippen LogP contribution in [0.3, 0.4) is 0 Å². The normalized spacial score (nSPS) is 17.4. The third kappa shape index (κ3) is 3.65. The Morgan fingerprint density at radius 2 is 2.27 bits per heavy atom. The van der Waals surface area contributed by atoms with Crippen molar-refractivity contribution in [1.82, 2.24) is 5.32 Å². The highest BCUT2D eigenvalue weighted by Gasteiger charge is 2.18. The van der Waals surface area contributed by atoms with E-state index < -0.39 is 5.82 Å². The monoisotopic (exact) mass is 305 g/mol. The van der Waals surface area contributed by atoms with Gasteiger partial charge in [0.2, 0.25) is 0 Å². The van der Waals surface area contributed by atoms with Gasteiger partial charge in [-0.2, -0.15) is 0 Å². The minimum absolute atomic E-state index is 0.0712. The summed E-state index contributed by atoms with van der Waals surface area (Å²) in [5.41, 5.74) is 0. The topological polar surface area (TPSA) is 60.7 Å². The maximum absolute atomic E-state index is 13.1. The highest BCUT2D eigenvalue weighted by molar-refractivity contribution is 5.91. The molecule has 2 aromatic rings. The van der Waals surface area contributed by atoms with Crippen LogP contribution in [-0.4, -0.2) is 25.2 Å². The van der Waals surface area contributed by atoms with E-state index in [4.69, 9.17) is 13.9 Å². The first-order chi connectivity index (χ1) is 10.7. The van der Waals surface area contributed by atoms with Crippen molar-refractivity contribution in [3.05, 3.63) is 48.0 Å². The van der Waals surface area contributed by atoms with E-state index in [0.717, 1.165) is 19.4 Å². The fraction of sp³-hybridized carbons (Fsp3) is 0.312. The Hall–Kier alpha value is -2.34. The number of hydrogen-bond acceptors (Lipinski definition) is 4. The first-order valence-corrected chi connectivity index (χ1v) is 7.14. The predicted octanol–water partition coefficient (Wildman–Crippen LogP) is 3.12. The number of ether oxygens (including phenoxy) is 2. The standard InChI is InChI=1S/C16H16FNO4/c17-11-3-1-4-12(9-11)21-15-7-6-14(22-15)16(19)18-10-13-5-2-8-20-13/h1,3-4,6-7,9,13H,2,5,8,10H2,(H,18,19). The Morgan fingerprint density at radius 1 is 1.36 bits per heavy atom. The molecular formula is C16H16FNO4. The van der Waals surface area contributed by atoms with Gasteiger partial charge in [0.05, 0.1) is 6.10 Å². The van der Waals surface area contributed by atoms with E-state index in [-0.39, 0.29) is 23.7 Å². The number of rotatable bonds is 5. The minimum atomic E-state index is -0.404. The summed E-state index contributed by atoms with van der Waals surface area (Å²) in [6.07, 6.45) is 2.04. The number of carbonyl (C=O) groups excluding carboxylic acids is 1. The van der Waals surface area contributed by atoms with Crippen molar-refractivity contribution < 1.29 is 23.1 Å². The molecule has 6 heteroatoms. The molecule has 1 aliphatic rings. The van der Waals surface area contributed by atoms with Gasteiger partial charge in [-0.15, -0.1) is 0 Å². The molecule has 1 aromatic heterocycles. The van der Waals surface area contributed by atoms with Crippen molar-refractivity contribution in [3.8, 4) is 11.7 Å². The zero-order valence-corrected chi connectivity index (χ0v) is 11.9. The molecule has 5 nitrogen and oxygen atoms in total. The number of furan rings is 1. The van der Waals surface area contributed by atoms with Crippen LogP contribution in [0.5, 0.6) is 11.7 Å². The highest BCUT2D eigenvalue weighted by Crippen LogP contribution is 2.24. The second kappa shape index (κ2) is 6.62. The molecule has 0 aliphatic carbocycles. The summed E-state index contributed by atoms with van der Waals surface area (Å²) in [6, 6.07) is 8.72. The van der Waals surface area contributed by atoms with Crippen molar-refractivity contribution in [2.75, 3.05) is 13.2 Å². The predicted molar refractivity (Wildman–Crippen MR) is 76.5 cm³/mol. The van der Waals surface area contributed by atoms with Crippen molar-refractivity contribution in [3.63, 3.8) is 0 Å². The fourth-order valence-electron chi connectivity index (χ4n) is 2.24. The summed E-state index contributed by atoms with van der Waals surface area (Å²) in [6.45, 7) is 1.20. The minimum Gasteiger partial charge on any atom is -0.426 e. The van der Waals surface area contributed by atoms with E-state index in [0.29, 0.717) is 12.3 Å². The van der Waals surface area contributed by atoms with Crippen LogP contribution in [0.2, 0.25) is 0 Å². The molecule has 1 saturated heterocycles. The van der Waals surface area contributed by atoms with Crippen LogP contribution in [0.4, 0.5) is 4.39 Å². The average Bonchev–Trinajstić information content (AvgIpc) is 3.16. The Morgan fingerprint density at radius 3 is 3.05 bits per heavy atom. The molecule has 1 aromatic carbocycles. The second-order valence-corrected chi connectivity index (χ2v) is 5.02. The number of halogens is 1. The Kier molecular flexibility index (Phi) is 4.39. The van der Waals surface area contributed by atoms with Gasteiger partial charge in [-0.05, 0) is 31.0 Å².